The Morgan fingerprint density at radius 1 is 1.25 bits per heavy atom. The van der Waals surface area contributed by atoms with E-state index in [4.69, 9.17) is 5.11 Å². The molecule has 0 aromatic carbocycles. The maximum absolute atomic E-state index is 12.8. The van der Waals surface area contributed by atoms with Gasteiger partial charge in [-0.3, -0.25) is 0 Å². The summed E-state index contributed by atoms with van der Waals surface area (Å²) in [6.45, 7) is 0.556. The Kier molecular flexibility index (Phi) is 4.17. The van der Waals surface area contributed by atoms with Crippen LogP contribution in [-0.4, -0.2) is 30.4 Å². The van der Waals surface area contributed by atoms with Crippen molar-refractivity contribution in [2.75, 3.05) is 6.54 Å². The molecule has 2 heterocycles. The SMILES string of the molecule is O=S(=O)(c1csc(CO)c1)N1CCCC1C1CCCC1. The van der Waals surface area contributed by atoms with E-state index in [1.165, 1.54) is 37.0 Å². The Morgan fingerprint density at radius 2 is 2.00 bits per heavy atom. The van der Waals surface area contributed by atoms with E-state index >= 15 is 0 Å². The molecular weight excluding hydrogens is 294 g/mol. The molecule has 1 saturated heterocycles. The van der Waals surface area contributed by atoms with Gasteiger partial charge in [-0.15, -0.1) is 11.3 Å². The molecule has 1 unspecified atom stereocenters. The molecule has 4 nitrogen and oxygen atoms in total. The van der Waals surface area contributed by atoms with Crippen LogP contribution in [0, 0.1) is 5.92 Å². The van der Waals surface area contributed by atoms with Crippen molar-refractivity contribution in [2.45, 2.75) is 56.1 Å². The van der Waals surface area contributed by atoms with Crippen molar-refractivity contribution in [3.8, 4) is 0 Å². The van der Waals surface area contributed by atoms with E-state index in [0.717, 1.165) is 12.8 Å². The number of aliphatic hydroxyl groups excluding tert-OH is 1. The van der Waals surface area contributed by atoms with Crippen molar-refractivity contribution >= 4 is 21.4 Å². The molecule has 1 N–H and O–H groups in total. The molecule has 2 fully saturated rings. The van der Waals surface area contributed by atoms with E-state index in [9.17, 15) is 8.42 Å². The van der Waals surface area contributed by atoms with Crippen LogP contribution in [-0.2, 0) is 16.6 Å². The van der Waals surface area contributed by atoms with Gasteiger partial charge >= 0.3 is 0 Å². The number of sulfonamides is 1. The smallest absolute Gasteiger partial charge is 0.244 e. The van der Waals surface area contributed by atoms with Crippen LogP contribution in [0.1, 0.15) is 43.4 Å². The molecule has 0 radical (unpaired) electrons. The van der Waals surface area contributed by atoms with Crippen molar-refractivity contribution < 1.29 is 13.5 Å². The summed E-state index contributed by atoms with van der Waals surface area (Å²) in [4.78, 5) is 1.07. The fourth-order valence-corrected chi connectivity index (χ4v) is 6.47. The van der Waals surface area contributed by atoms with Crippen LogP contribution in [0.2, 0.25) is 0 Å². The lowest BCUT2D eigenvalue weighted by Crippen LogP contribution is -2.39. The Hall–Kier alpha value is -0.430. The normalized spacial score (nSPS) is 25.6. The first-order valence-corrected chi connectivity index (χ1v) is 9.65. The number of rotatable bonds is 4. The van der Waals surface area contributed by atoms with Gasteiger partial charge in [0.15, 0.2) is 0 Å². The average Bonchev–Trinajstić information content (AvgIpc) is 3.17. The minimum atomic E-state index is -3.38. The lowest BCUT2D eigenvalue weighted by molar-refractivity contribution is 0.284. The van der Waals surface area contributed by atoms with E-state index in [-0.39, 0.29) is 12.6 Å². The van der Waals surface area contributed by atoms with Gasteiger partial charge in [-0.1, -0.05) is 12.8 Å². The van der Waals surface area contributed by atoms with Crippen LogP contribution in [0.4, 0.5) is 0 Å². The first-order valence-electron chi connectivity index (χ1n) is 7.33. The molecule has 2 aliphatic rings. The highest BCUT2D eigenvalue weighted by atomic mass is 32.2. The quantitative estimate of drug-likeness (QED) is 0.929. The Bertz CT molecular complexity index is 561. The molecule has 6 heteroatoms. The van der Waals surface area contributed by atoms with E-state index in [1.807, 2.05) is 0 Å². The van der Waals surface area contributed by atoms with Crippen LogP contribution in [0.25, 0.3) is 0 Å². The summed E-state index contributed by atoms with van der Waals surface area (Å²) in [5, 5.41) is 10.8. The van der Waals surface area contributed by atoms with Gasteiger partial charge in [0.2, 0.25) is 10.0 Å². The minimum absolute atomic E-state index is 0.0910. The van der Waals surface area contributed by atoms with E-state index in [0.29, 0.717) is 22.2 Å². The molecule has 1 aromatic rings. The lowest BCUT2D eigenvalue weighted by Gasteiger charge is -2.28. The van der Waals surface area contributed by atoms with Gasteiger partial charge in [-0.25, -0.2) is 8.42 Å². The topological polar surface area (TPSA) is 57.6 Å². The Morgan fingerprint density at radius 3 is 2.65 bits per heavy atom. The first kappa shape index (κ1) is 14.5. The molecule has 1 aromatic heterocycles. The van der Waals surface area contributed by atoms with Crippen molar-refractivity contribution in [2.24, 2.45) is 5.92 Å². The fourth-order valence-electron chi connectivity index (χ4n) is 3.59. The lowest BCUT2D eigenvalue weighted by atomic mass is 9.97. The molecule has 1 atom stereocenters. The van der Waals surface area contributed by atoms with Gasteiger partial charge < -0.3 is 5.11 Å². The molecule has 0 amide bonds. The van der Waals surface area contributed by atoms with Crippen molar-refractivity contribution in [3.05, 3.63) is 16.3 Å². The van der Waals surface area contributed by atoms with E-state index in [2.05, 4.69) is 0 Å². The zero-order chi connectivity index (χ0) is 14.2. The third-order valence-corrected chi connectivity index (χ3v) is 7.56. The minimum Gasteiger partial charge on any atom is -0.391 e. The van der Waals surface area contributed by atoms with Gasteiger partial charge in [0.25, 0.3) is 0 Å². The predicted molar refractivity (Wildman–Crippen MR) is 79.1 cm³/mol. The Balaban J connectivity index is 1.85. The van der Waals surface area contributed by atoms with Crippen molar-refractivity contribution in [3.63, 3.8) is 0 Å². The standard InChI is InChI=1S/C14H21NO3S2/c16-9-12-8-13(10-19-12)20(17,18)15-7-3-6-14(15)11-4-1-2-5-11/h8,10-11,14,16H,1-7,9H2. The van der Waals surface area contributed by atoms with E-state index < -0.39 is 10.0 Å². The first-order chi connectivity index (χ1) is 9.63. The molecule has 20 heavy (non-hydrogen) atoms. The largest absolute Gasteiger partial charge is 0.391 e. The summed E-state index contributed by atoms with van der Waals surface area (Å²) >= 11 is 1.31. The van der Waals surface area contributed by atoms with Gasteiger partial charge in [-0.05, 0) is 37.7 Å². The fraction of sp³-hybridized carbons (Fsp3) is 0.714. The van der Waals surface area contributed by atoms with E-state index in [1.54, 1.807) is 15.8 Å². The summed E-state index contributed by atoms with van der Waals surface area (Å²) < 4.78 is 27.3. The van der Waals surface area contributed by atoms with Crippen LogP contribution in [0.3, 0.4) is 0 Å². The second-order valence-corrected chi connectivity index (χ2v) is 8.66. The highest BCUT2D eigenvalue weighted by Gasteiger charge is 2.40. The summed E-state index contributed by atoms with van der Waals surface area (Å²) in [7, 11) is -3.38. The number of nitrogens with zero attached hydrogens (tertiary/aromatic N) is 1. The number of hydrogen-bond donors (Lipinski definition) is 1. The third kappa shape index (κ3) is 2.54. The molecule has 112 valence electrons. The molecule has 1 aliphatic carbocycles. The van der Waals surface area contributed by atoms with Gasteiger partial charge in [0.1, 0.15) is 0 Å². The maximum Gasteiger partial charge on any atom is 0.244 e. The van der Waals surface area contributed by atoms with Gasteiger partial charge in [-0.2, -0.15) is 4.31 Å². The Labute approximate surface area is 124 Å². The zero-order valence-electron chi connectivity index (χ0n) is 11.5. The monoisotopic (exact) mass is 315 g/mol. The highest BCUT2D eigenvalue weighted by Crippen LogP contribution is 2.38. The summed E-state index contributed by atoms with van der Waals surface area (Å²) in [5.74, 6) is 0.545. The second-order valence-electron chi connectivity index (χ2n) is 5.78. The molecular formula is C14H21NO3S2. The molecule has 1 saturated carbocycles. The molecule has 0 spiro atoms. The van der Waals surface area contributed by atoms with Crippen molar-refractivity contribution in [1.82, 2.24) is 4.31 Å². The average molecular weight is 315 g/mol. The zero-order valence-corrected chi connectivity index (χ0v) is 13.1. The number of aliphatic hydroxyl groups is 1. The highest BCUT2D eigenvalue weighted by molar-refractivity contribution is 7.89. The summed E-state index contributed by atoms with van der Waals surface area (Å²) in [6, 6.07) is 1.81. The van der Waals surface area contributed by atoms with Crippen LogP contribution in [0.15, 0.2) is 16.3 Å². The summed E-state index contributed by atoms with van der Waals surface area (Å²) in [6.07, 6.45) is 6.78. The van der Waals surface area contributed by atoms with Gasteiger partial charge in [0, 0.05) is 22.8 Å². The maximum atomic E-state index is 12.8. The van der Waals surface area contributed by atoms with Crippen LogP contribution < -0.4 is 0 Å². The molecule has 1 aliphatic heterocycles. The van der Waals surface area contributed by atoms with Crippen LogP contribution in [0.5, 0.6) is 0 Å². The number of thiophene rings is 1. The molecule has 3 rings (SSSR count). The molecule has 0 bridgehead atoms. The predicted octanol–water partition coefficient (Wildman–Crippen LogP) is 2.58. The third-order valence-electron chi connectivity index (χ3n) is 4.58. The number of hydrogen-bond acceptors (Lipinski definition) is 4. The second kappa shape index (κ2) is 5.75. The van der Waals surface area contributed by atoms with Crippen molar-refractivity contribution in [1.29, 1.82) is 0 Å². The van der Waals surface area contributed by atoms with Gasteiger partial charge in [0.05, 0.1) is 11.5 Å². The van der Waals surface area contributed by atoms with Crippen LogP contribution >= 0.6 is 11.3 Å². The summed E-state index contributed by atoms with van der Waals surface area (Å²) in [5.41, 5.74) is 0.